The lowest BCUT2D eigenvalue weighted by Crippen LogP contribution is -2.40. The van der Waals surface area contributed by atoms with Gasteiger partial charge < -0.3 is 20.7 Å². The van der Waals surface area contributed by atoms with Crippen molar-refractivity contribution in [3.05, 3.63) is 0 Å². The predicted molar refractivity (Wildman–Crippen MR) is 116 cm³/mol. The average Bonchev–Trinajstić information content (AvgIpc) is 2.63. The molecular formula is C20H42N3O3P. The van der Waals surface area contributed by atoms with Crippen molar-refractivity contribution >= 4 is 21.1 Å². The van der Waals surface area contributed by atoms with Gasteiger partial charge in [-0.2, -0.15) is 0 Å². The molecule has 27 heavy (non-hydrogen) atoms. The highest BCUT2D eigenvalue weighted by Crippen LogP contribution is 2.12. The van der Waals surface area contributed by atoms with Crippen molar-refractivity contribution in [1.29, 1.82) is 0 Å². The molecular weight excluding hydrogens is 361 g/mol. The lowest BCUT2D eigenvalue weighted by molar-refractivity contribution is -0.144. The maximum atomic E-state index is 11.8. The van der Waals surface area contributed by atoms with Crippen molar-refractivity contribution < 1.29 is 14.3 Å². The van der Waals surface area contributed by atoms with Crippen molar-refractivity contribution in [2.45, 2.75) is 71.8 Å². The van der Waals surface area contributed by atoms with Crippen LogP contribution in [0.4, 0.5) is 0 Å². The lowest BCUT2D eigenvalue weighted by Gasteiger charge is -2.25. The minimum absolute atomic E-state index is 0.0172. The van der Waals surface area contributed by atoms with Crippen LogP contribution in [0.2, 0.25) is 0 Å². The summed E-state index contributed by atoms with van der Waals surface area (Å²) in [6, 6.07) is 0. The summed E-state index contributed by atoms with van der Waals surface area (Å²) in [5.41, 5.74) is -0.0172. The first-order valence-corrected chi connectivity index (χ1v) is 11.2. The largest absolute Gasteiger partial charge is 0.465 e. The standard InChI is InChI=1S/C20H42N3O3P/c1-5-7-8-17(16-27)15-26-19(25)10-12-21-13-14-22-18(24)9-11-20(3,4)23-6-2/h17,21,23H,5-16,27H2,1-4H3,(H,22,24). The van der Waals surface area contributed by atoms with Crippen molar-refractivity contribution in [2.75, 3.05) is 38.9 Å². The number of rotatable bonds is 17. The molecule has 0 spiro atoms. The monoisotopic (exact) mass is 403 g/mol. The Hall–Kier alpha value is -0.710. The van der Waals surface area contributed by atoms with Crippen molar-refractivity contribution in [3.63, 3.8) is 0 Å². The molecule has 7 heteroatoms. The van der Waals surface area contributed by atoms with E-state index in [-0.39, 0.29) is 17.4 Å². The summed E-state index contributed by atoms with van der Waals surface area (Å²) in [5.74, 6) is 0.356. The van der Waals surface area contributed by atoms with E-state index in [0.29, 0.717) is 45.0 Å². The molecule has 0 aromatic rings. The van der Waals surface area contributed by atoms with Crippen LogP contribution in [0.25, 0.3) is 0 Å². The van der Waals surface area contributed by atoms with Crippen LogP contribution in [0, 0.1) is 5.92 Å². The number of unbranched alkanes of at least 4 members (excludes halogenated alkanes) is 1. The Morgan fingerprint density at radius 1 is 1.11 bits per heavy atom. The van der Waals surface area contributed by atoms with Gasteiger partial charge in [0.25, 0.3) is 0 Å². The normalized spacial score (nSPS) is 12.6. The zero-order valence-electron chi connectivity index (χ0n) is 17.9. The van der Waals surface area contributed by atoms with Gasteiger partial charge >= 0.3 is 5.97 Å². The molecule has 0 aliphatic rings. The second kappa shape index (κ2) is 16.3. The summed E-state index contributed by atoms with van der Waals surface area (Å²) < 4.78 is 5.35. The molecule has 0 saturated heterocycles. The van der Waals surface area contributed by atoms with E-state index in [2.05, 4.69) is 52.9 Å². The maximum Gasteiger partial charge on any atom is 0.307 e. The fourth-order valence-corrected chi connectivity index (χ4v) is 3.10. The SMILES string of the molecule is CCCCC(CP)COC(=O)CCNCCNC(=O)CCC(C)(C)NCC. The third-order valence-electron chi connectivity index (χ3n) is 4.54. The molecule has 0 fully saturated rings. The molecule has 3 N–H and O–H groups in total. The molecule has 2 unspecified atom stereocenters. The summed E-state index contributed by atoms with van der Waals surface area (Å²) >= 11 is 0. The van der Waals surface area contributed by atoms with Gasteiger partial charge in [-0.3, -0.25) is 9.59 Å². The number of hydrogen-bond acceptors (Lipinski definition) is 5. The number of ether oxygens (including phenoxy) is 1. The van der Waals surface area contributed by atoms with Crippen LogP contribution in [0.1, 0.15) is 66.2 Å². The fourth-order valence-electron chi connectivity index (χ4n) is 2.73. The van der Waals surface area contributed by atoms with Crippen molar-refractivity contribution in [3.8, 4) is 0 Å². The van der Waals surface area contributed by atoms with E-state index in [1.54, 1.807) is 0 Å². The Morgan fingerprint density at radius 3 is 2.48 bits per heavy atom. The summed E-state index contributed by atoms with van der Waals surface area (Å²) in [4.78, 5) is 23.6. The van der Waals surface area contributed by atoms with Gasteiger partial charge in [0.1, 0.15) is 0 Å². The Kier molecular flexibility index (Phi) is 15.8. The third-order valence-corrected chi connectivity index (χ3v) is 5.21. The molecule has 0 saturated carbocycles. The molecule has 0 aromatic heterocycles. The zero-order chi connectivity index (χ0) is 20.5. The van der Waals surface area contributed by atoms with E-state index in [0.717, 1.165) is 25.5 Å². The number of hydrogen-bond donors (Lipinski definition) is 3. The maximum absolute atomic E-state index is 11.8. The number of amides is 1. The topological polar surface area (TPSA) is 79.5 Å². The van der Waals surface area contributed by atoms with Crippen LogP contribution in [0.3, 0.4) is 0 Å². The van der Waals surface area contributed by atoms with Crippen LogP contribution in [-0.2, 0) is 14.3 Å². The molecule has 0 aliphatic carbocycles. The van der Waals surface area contributed by atoms with Crippen molar-refractivity contribution in [2.24, 2.45) is 5.92 Å². The number of carbonyl (C=O) groups is 2. The molecule has 1 amide bonds. The summed E-state index contributed by atoms with van der Waals surface area (Å²) in [7, 11) is 2.74. The van der Waals surface area contributed by atoms with E-state index in [4.69, 9.17) is 4.74 Å². The van der Waals surface area contributed by atoms with E-state index < -0.39 is 0 Å². The molecule has 160 valence electrons. The molecule has 0 heterocycles. The van der Waals surface area contributed by atoms with Crippen LogP contribution >= 0.6 is 9.24 Å². The van der Waals surface area contributed by atoms with E-state index in [9.17, 15) is 9.59 Å². The minimum Gasteiger partial charge on any atom is -0.465 e. The van der Waals surface area contributed by atoms with E-state index >= 15 is 0 Å². The summed E-state index contributed by atoms with van der Waals surface area (Å²) in [6.07, 6.45) is 6.11. The second-order valence-corrected chi connectivity index (χ2v) is 8.16. The van der Waals surface area contributed by atoms with Gasteiger partial charge in [0.2, 0.25) is 5.91 Å². The minimum atomic E-state index is -0.155. The van der Waals surface area contributed by atoms with Gasteiger partial charge in [-0.15, -0.1) is 9.24 Å². The van der Waals surface area contributed by atoms with Crippen LogP contribution in [0.15, 0.2) is 0 Å². The summed E-state index contributed by atoms with van der Waals surface area (Å²) in [5, 5.41) is 9.44. The van der Waals surface area contributed by atoms with Gasteiger partial charge in [0.05, 0.1) is 13.0 Å². The lowest BCUT2D eigenvalue weighted by atomic mass is 9.98. The van der Waals surface area contributed by atoms with Gasteiger partial charge in [-0.1, -0.05) is 26.7 Å². The molecule has 0 bridgehead atoms. The van der Waals surface area contributed by atoms with Gasteiger partial charge in [0.15, 0.2) is 0 Å². The van der Waals surface area contributed by atoms with Gasteiger partial charge in [-0.25, -0.2) is 0 Å². The highest BCUT2D eigenvalue weighted by molar-refractivity contribution is 7.16. The first kappa shape index (κ1) is 26.3. The van der Waals surface area contributed by atoms with E-state index in [1.807, 2.05) is 0 Å². The number of esters is 1. The van der Waals surface area contributed by atoms with Gasteiger partial charge in [-0.05, 0) is 45.3 Å². The summed E-state index contributed by atoms with van der Waals surface area (Å²) in [6.45, 7) is 11.7. The number of carbonyl (C=O) groups excluding carboxylic acids is 2. The molecule has 0 rings (SSSR count). The van der Waals surface area contributed by atoms with Crippen molar-refractivity contribution in [1.82, 2.24) is 16.0 Å². The third kappa shape index (κ3) is 16.0. The first-order chi connectivity index (χ1) is 12.8. The predicted octanol–water partition coefficient (Wildman–Crippen LogP) is 2.48. The van der Waals surface area contributed by atoms with Crippen LogP contribution < -0.4 is 16.0 Å². The Bertz CT molecular complexity index is 406. The van der Waals surface area contributed by atoms with Crippen LogP contribution in [-0.4, -0.2) is 56.4 Å². The highest BCUT2D eigenvalue weighted by atomic mass is 31.0. The fraction of sp³-hybridized carbons (Fsp3) is 0.900. The Morgan fingerprint density at radius 2 is 1.85 bits per heavy atom. The molecule has 0 aliphatic heterocycles. The Labute approximate surface area is 168 Å². The number of nitrogens with one attached hydrogen (secondary N) is 3. The van der Waals surface area contributed by atoms with E-state index in [1.165, 1.54) is 12.8 Å². The molecule has 6 nitrogen and oxygen atoms in total. The Balaban J connectivity index is 3.64. The second-order valence-electron chi connectivity index (χ2n) is 7.69. The molecule has 2 atom stereocenters. The zero-order valence-corrected chi connectivity index (χ0v) is 19.0. The van der Waals surface area contributed by atoms with Crippen LogP contribution in [0.5, 0.6) is 0 Å². The average molecular weight is 404 g/mol. The first-order valence-electron chi connectivity index (χ1n) is 10.4. The molecule has 0 aromatic carbocycles. The quantitative estimate of drug-likeness (QED) is 0.198. The van der Waals surface area contributed by atoms with Gasteiger partial charge in [0, 0.05) is 31.6 Å². The highest BCUT2D eigenvalue weighted by Gasteiger charge is 2.17. The smallest absolute Gasteiger partial charge is 0.307 e. The molecule has 0 radical (unpaired) electrons.